The molecule has 0 aliphatic carbocycles. The summed E-state index contributed by atoms with van der Waals surface area (Å²) in [6.07, 6.45) is 1.11. The van der Waals surface area contributed by atoms with Crippen molar-refractivity contribution in [2.75, 3.05) is 19.7 Å². The second-order valence-corrected chi connectivity index (χ2v) is 5.29. The summed E-state index contributed by atoms with van der Waals surface area (Å²) in [6.45, 7) is 2.60. The molecule has 0 saturated carbocycles. The molecule has 1 heterocycles. The predicted octanol–water partition coefficient (Wildman–Crippen LogP) is 2.45. The summed E-state index contributed by atoms with van der Waals surface area (Å²) in [5.74, 6) is 0.0673. The van der Waals surface area contributed by atoms with E-state index in [9.17, 15) is 4.79 Å². The summed E-state index contributed by atoms with van der Waals surface area (Å²) in [7, 11) is 0. The van der Waals surface area contributed by atoms with E-state index in [2.05, 4.69) is 5.32 Å². The number of nitrogens with one attached hydrogen (secondary N) is 1. The van der Waals surface area contributed by atoms with E-state index >= 15 is 0 Å². The van der Waals surface area contributed by atoms with E-state index in [1.165, 1.54) is 5.56 Å². The van der Waals surface area contributed by atoms with Crippen LogP contribution in [0.2, 0.25) is 0 Å². The third-order valence-electron chi connectivity index (χ3n) is 3.72. The Labute approximate surface area is 124 Å². The SMILES string of the molecule is O=C(c1ccccc1)c1ccc(CC2CNCCO2)cc1. The van der Waals surface area contributed by atoms with Crippen molar-refractivity contribution in [2.45, 2.75) is 12.5 Å². The fourth-order valence-corrected chi connectivity index (χ4v) is 2.56. The molecular formula is C18H19NO2. The number of hydrogen-bond donors (Lipinski definition) is 1. The van der Waals surface area contributed by atoms with Gasteiger partial charge in [0.05, 0.1) is 12.7 Å². The number of benzene rings is 2. The first kappa shape index (κ1) is 14.0. The number of ketones is 1. The van der Waals surface area contributed by atoms with Crippen LogP contribution in [0.25, 0.3) is 0 Å². The van der Waals surface area contributed by atoms with Gasteiger partial charge in [0.15, 0.2) is 5.78 Å². The van der Waals surface area contributed by atoms with E-state index in [0.29, 0.717) is 0 Å². The average Bonchev–Trinajstić information content (AvgIpc) is 2.57. The van der Waals surface area contributed by atoms with Crippen LogP contribution in [0.1, 0.15) is 21.5 Å². The lowest BCUT2D eigenvalue weighted by molar-refractivity contribution is 0.0292. The number of carbonyl (C=O) groups is 1. The van der Waals surface area contributed by atoms with Crippen LogP contribution in [0.4, 0.5) is 0 Å². The molecule has 0 amide bonds. The van der Waals surface area contributed by atoms with E-state index in [0.717, 1.165) is 37.2 Å². The van der Waals surface area contributed by atoms with Gasteiger partial charge in [-0.2, -0.15) is 0 Å². The summed E-state index contributed by atoms with van der Waals surface area (Å²) in [5, 5.41) is 3.33. The molecule has 108 valence electrons. The first-order valence-electron chi connectivity index (χ1n) is 7.34. The van der Waals surface area contributed by atoms with Gasteiger partial charge in [0.25, 0.3) is 0 Å². The van der Waals surface area contributed by atoms with Gasteiger partial charge in [0.2, 0.25) is 0 Å². The van der Waals surface area contributed by atoms with Gasteiger partial charge in [-0.05, 0) is 12.0 Å². The molecule has 0 radical (unpaired) electrons. The van der Waals surface area contributed by atoms with Gasteiger partial charge in [-0.1, -0.05) is 54.6 Å². The quantitative estimate of drug-likeness (QED) is 0.875. The van der Waals surface area contributed by atoms with Crippen molar-refractivity contribution in [3.8, 4) is 0 Å². The van der Waals surface area contributed by atoms with Crippen LogP contribution in [0.15, 0.2) is 54.6 Å². The number of hydrogen-bond acceptors (Lipinski definition) is 3. The Morgan fingerprint density at radius 3 is 2.43 bits per heavy atom. The minimum Gasteiger partial charge on any atom is -0.375 e. The number of ether oxygens (including phenoxy) is 1. The molecule has 0 aromatic heterocycles. The summed E-state index contributed by atoms with van der Waals surface area (Å²) >= 11 is 0. The van der Waals surface area contributed by atoms with Crippen molar-refractivity contribution in [1.29, 1.82) is 0 Å². The number of morpholine rings is 1. The lowest BCUT2D eigenvalue weighted by Crippen LogP contribution is -2.39. The standard InChI is InChI=1S/C18H19NO2/c20-18(15-4-2-1-3-5-15)16-8-6-14(7-9-16)12-17-13-19-10-11-21-17/h1-9,17,19H,10-13H2. The first-order valence-corrected chi connectivity index (χ1v) is 7.34. The average molecular weight is 281 g/mol. The van der Waals surface area contributed by atoms with Gasteiger partial charge in [-0.3, -0.25) is 4.79 Å². The van der Waals surface area contributed by atoms with Crippen LogP contribution < -0.4 is 5.32 Å². The molecule has 1 aliphatic rings. The fraction of sp³-hybridized carbons (Fsp3) is 0.278. The Kier molecular flexibility index (Phi) is 4.43. The zero-order valence-electron chi connectivity index (χ0n) is 11.9. The van der Waals surface area contributed by atoms with Crippen molar-refractivity contribution in [3.05, 3.63) is 71.3 Å². The maximum absolute atomic E-state index is 12.3. The lowest BCUT2D eigenvalue weighted by Gasteiger charge is -2.23. The molecule has 0 spiro atoms. The molecule has 1 fully saturated rings. The van der Waals surface area contributed by atoms with Crippen molar-refractivity contribution < 1.29 is 9.53 Å². The van der Waals surface area contributed by atoms with Crippen LogP contribution >= 0.6 is 0 Å². The molecule has 1 atom stereocenters. The molecule has 2 aromatic rings. The summed E-state index contributed by atoms with van der Waals surface area (Å²) in [4.78, 5) is 12.3. The highest BCUT2D eigenvalue weighted by molar-refractivity contribution is 6.08. The third-order valence-corrected chi connectivity index (χ3v) is 3.72. The van der Waals surface area contributed by atoms with E-state index < -0.39 is 0 Å². The van der Waals surface area contributed by atoms with Crippen LogP contribution in [0.3, 0.4) is 0 Å². The Hall–Kier alpha value is -1.97. The smallest absolute Gasteiger partial charge is 0.193 e. The van der Waals surface area contributed by atoms with Crippen molar-refractivity contribution in [2.24, 2.45) is 0 Å². The predicted molar refractivity (Wildman–Crippen MR) is 82.6 cm³/mol. The minimum atomic E-state index is 0.0673. The Morgan fingerprint density at radius 2 is 1.76 bits per heavy atom. The van der Waals surface area contributed by atoms with Gasteiger partial charge in [-0.15, -0.1) is 0 Å². The van der Waals surface area contributed by atoms with Gasteiger partial charge in [0.1, 0.15) is 0 Å². The molecule has 3 rings (SSSR count). The van der Waals surface area contributed by atoms with Crippen molar-refractivity contribution >= 4 is 5.78 Å². The Balaban J connectivity index is 1.67. The van der Waals surface area contributed by atoms with E-state index in [-0.39, 0.29) is 11.9 Å². The Morgan fingerprint density at radius 1 is 1.05 bits per heavy atom. The first-order chi connectivity index (χ1) is 10.3. The van der Waals surface area contributed by atoms with Crippen molar-refractivity contribution in [1.82, 2.24) is 5.32 Å². The maximum atomic E-state index is 12.3. The number of rotatable bonds is 4. The minimum absolute atomic E-state index is 0.0673. The molecule has 21 heavy (non-hydrogen) atoms. The highest BCUT2D eigenvalue weighted by atomic mass is 16.5. The van der Waals surface area contributed by atoms with Crippen LogP contribution in [0.5, 0.6) is 0 Å². The van der Waals surface area contributed by atoms with Gasteiger partial charge < -0.3 is 10.1 Å². The van der Waals surface area contributed by atoms with Gasteiger partial charge in [0, 0.05) is 24.2 Å². The van der Waals surface area contributed by atoms with Gasteiger partial charge >= 0.3 is 0 Å². The monoisotopic (exact) mass is 281 g/mol. The zero-order chi connectivity index (χ0) is 14.5. The number of carbonyl (C=O) groups excluding carboxylic acids is 1. The van der Waals surface area contributed by atoms with E-state index in [1.54, 1.807) is 0 Å². The molecule has 1 aliphatic heterocycles. The molecule has 3 nitrogen and oxygen atoms in total. The molecule has 0 bridgehead atoms. The van der Waals surface area contributed by atoms with E-state index in [1.807, 2.05) is 54.6 Å². The topological polar surface area (TPSA) is 38.3 Å². The van der Waals surface area contributed by atoms with E-state index in [4.69, 9.17) is 4.74 Å². The second-order valence-electron chi connectivity index (χ2n) is 5.29. The zero-order valence-corrected chi connectivity index (χ0v) is 11.9. The second kappa shape index (κ2) is 6.66. The largest absolute Gasteiger partial charge is 0.375 e. The van der Waals surface area contributed by atoms with Crippen LogP contribution in [0, 0.1) is 0 Å². The normalized spacial score (nSPS) is 18.4. The molecule has 1 N–H and O–H groups in total. The molecule has 2 aromatic carbocycles. The summed E-state index contributed by atoms with van der Waals surface area (Å²) < 4.78 is 5.70. The van der Waals surface area contributed by atoms with Crippen LogP contribution in [-0.4, -0.2) is 31.6 Å². The van der Waals surface area contributed by atoms with Gasteiger partial charge in [-0.25, -0.2) is 0 Å². The lowest BCUT2D eigenvalue weighted by atomic mass is 10.00. The highest BCUT2D eigenvalue weighted by Crippen LogP contribution is 2.13. The summed E-state index contributed by atoms with van der Waals surface area (Å²) in [6, 6.07) is 17.2. The molecule has 1 unspecified atom stereocenters. The van der Waals surface area contributed by atoms with Crippen molar-refractivity contribution in [3.63, 3.8) is 0 Å². The molecule has 3 heteroatoms. The molecule has 1 saturated heterocycles. The third kappa shape index (κ3) is 3.57. The Bertz CT molecular complexity index is 586. The fourth-order valence-electron chi connectivity index (χ4n) is 2.56. The molecular weight excluding hydrogens is 262 g/mol. The highest BCUT2D eigenvalue weighted by Gasteiger charge is 2.14. The maximum Gasteiger partial charge on any atom is 0.193 e. The summed E-state index contributed by atoms with van der Waals surface area (Å²) in [5.41, 5.74) is 2.66. The van der Waals surface area contributed by atoms with Crippen LogP contribution in [-0.2, 0) is 11.2 Å².